The second-order valence-electron chi connectivity index (χ2n) is 6.78. The standard InChI is InChI=1S/C19H27N5O2/c1-3-4-12-20-18-21-16-15(17(25)22-19(26)23(16)2)24(18)13-8-11-14-9-6-5-7-10-14/h5-7,9-10,15-16H,3-4,8,11-13H2,1-2H3,(H,20,21)(H,22,25,26). The molecule has 3 amide bonds. The van der Waals surface area contributed by atoms with E-state index in [0.29, 0.717) is 13.1 Å². The fourth-order valence-electron chi connectivity index (χ4n) is 3.41. The molecule has 3 rings (SSSR count). The number of nitrogens with zero attached hydrogens (tertiary/aromatic N) is 3. The van der Waals surface area contributed by atoms with E-state index in [2.05, 4.69) is 34.7 Å². The van der Waals surface area contributed by atoms with Crippen LogP contribution < -0.4 is 10.6 Å². The van der Waals surface area contributed by atoms with E-state index in [0.717, 1.165) is 31.6 Å². The third-order valence-electron chi connectivity index (χ3n) is 4.90. The van der Waals surface area contributed by atoms with Crippen molar-refractivity contribution in [2.24, 2.45) is 4.99 Å². The van der Waals surface area contributed by atoms with Crippen molar-refractivity contribution in [2.75, 3.05) is 20.1 Å². The minimum absolute atomic E-state index is 0.258. The van der Waals surface area contributed by atoms with Crippen molar-refractivity contribution < 1.29 is 9.59 Å². The number of imide groups is 1. The van der Waals surface area contributed by atoms with Crippen molar-refractivity contribution in [2.45, 2.75) is 44.8 Å². The Morgan fingerprint density at radius 3 is 2.65 bits per heavy atom. The van der Waals surface area contributed by atoms with Gasteiger partial charge in [-0.25, -0.2) is 4.79 Å². The first-order chi connectivity index (χ1) is 12.6. The molecule has 7 nitrogen and oxygen atoms in total. The van der Waals surface area contributed by atoms with Gasteiger partial charge in [-0.15, -0.1) is 0 Å². The maximum atomic E-state index is 12.5. The number of hydrogen-bond acceptors (Lipinski definition) is 3. The van der Waals surface area contributed by atoms with E-state index in [1.54, 1.807) is 11.9 Å². The minimum atomic E-state index is -0.436. The van der Waals surface area contributed by atoms with E-state index in [1.807, 2.05) is 23.1 Å². The summed E-state index contributed by atoms with van der Waals surface area (Å²) in [5, 5.41) is 5.72. The van der Waals surface area contributed by atoms with Gasteiger partial charge in [0.05, 0.1) is 0 Å². The third kappa shape index (κ3) is 3.81. The van der Waals surface area contributed by atoms with Gasteiger partial charge in [-0.2, -0.15) is 0 Å². The maximum absolute atomic E-state index is 12.5. The molecular formula is C19H27N5O2. The summed E-state index contributed by atoms with van der Waals surface area (Å²) in [7, 11) is 1.70. The highest BCUT2D eigenvalue weighted by Crippen LogP contribution is 2.21. The third-order valence-corrected chi connectivity index (χ3v) is 4.90. The van der Waals surface area contributed by atoms with Gasteiger partial charge in [0.2, 0.25) is 0 Å². The topological polar surface area (TPSA) is 77.0 Å². The summed E-state index contributed by atoms with van der Waals surface area (Å²) in [5.74, 6) is 0.462. The summed E-state index contributed by atoms with van der Waals surface area (Å²) >= 11 is 0. The number of rotatable bonds is 7. The minimum Gasteiger partial charge on any atom is -0.334 e. The Kier molecular flexibility index (Phi) is 5.75. The molecule has 2 saturated heterocycles. The number of nitrogens with one attached hydrogen (secondary N) is 2. The zero-order valence-corrected chi connectivity index (χ0v) is 15.4. The van der Waals surface area contributed by atoms with Gasteiger partial charge in [0.25, 0.3) is 5.91 Å². The van der Waals surface area contributed by atoms with Gasteiger partial charge < -0.3 is 15.1 Å². The van der Waals surface area contributed by atoms with Crippen LogP contribution in [-0.4, -0.2) is 60.0 Å². The van der Waals surface area contributed by atoms with Crippen molar-refractivity contribution in [3.63, 3.8) is 0 Å². The Morgan fingerprint density at radius 1 is 1.15 bits per heavy atom. The molecule has 2 aliphatic rings. The summed E-state index contributed by atoms with van der Waals surface area (Å²) in [4.78, 5) is 32.6. The summed E-state index contributed by atoms with van der Waals surface area (Å²) in [6.45, 7) is 3.55. The van der Waals surface area contributed by atoms with Crippen LogP contribution in [0.3, 0.4) is 0 Å². The van der Waals surface area contributed by atoms with Crippen LogP contribution in [0.1, 0.15) is 31.7 Å². The molecule has 0 aromatic heterocycles. The molecule has 0 aliphatic carbocycles. The highest BCUT2D eigenvalue weighted by molar-refractivity contribution is 6.04. The number of benzene rings is 1. The smallest absolute Gasteiger partial charge is 0.325 e. The second-order valence-corrected chi connectivity index (χ2v) is 6.78. The van der Waals surface area contributed by atoms with Gasteiger partial charge in [-0.05, 0) is 24.8 Å². The van der Waals surface area contributed by atoms with Gasteiger partial charge in [0.15, 0.2) is 12.0 Å². The van der Waals surface area contributed by atoms with E-state index in [-0.39, 0.29) is 18.1 Å². The van der Waals surface area contributed by atoms with Crippen molar-refractivity contribution in [1.29, 1.82) is 0 Å². The van der Waals surface area contributed by atoms with Crippen LogP contribution in [0.5, 0.6) is 0 Å². The normalized spacial score (nSPS) is 23.8. The molecule has 0 bridgehead atoms. The van der Waals surface area contributed by atoms with Crippen LogP contribution in [0, 0.1) is 0 Å². The van der Waals surface area contributed by atoms with Gasteiger partial charge >= 0.3 is 6.03 Å². The van der Waals surface area contributed by atoms with Gasteiger partial charge in [0, 0.05) is 20.1 Å². The maximum Gasteiger partial charge on any atom is 0.325 e. The first-order valence-corrected chi connectivity index (χ1v) is 9.31. The van der Waals surface area contributed by atoms with E-state index in [4.69, 9.17) is 0 Å². The fourth-order valence-corrected chi connectivity index (χ4v) is 3.41. The second kappa shape index (κ2) is 8.21. The Labute approximate surface area is 154 Å². The average molecular weight is 357 g/mol. The lowest BCUT2D eigenvalue weighted by Crippen LogP contribution is -2.64. The molecule has 26 heavy (non-hydrogen) atoms. The van der Waals surface area contributed by atoms with Crippen molar-refractivity contribution in [3.8, 4) is 0 Å². The first-order valence-electron chi connectivity index (χ1n) is 9.31. The number of aryl methyl sites for hydroxylation is 1. The predicted molar refractivity (Wildman–Crippen MR) is 101 cm³/mol. The molecule has 2 aliphatic heterocycles. The molecule has 0 spiro atoms. The van der Waals surface area contributed by atoms with Crippen molar-refractivity contribution in [3.05, 3.63) is 35.9 Å². The zero-order valence-electron chi connectivity index (χ0n) is 15.4. The number of hydrogen-bond donors (Lipinski definition) is 2. The number of carbonyl (C=O) groups excluding carboxylic acids is 2. The van der Waals surface area contributed by atoms with Crippen LogP contribution in [0.15, 0.2) is 35.3 Å². The Morgan fingerprint density at radius 2 is 1.92 bits per heavy atom. The number of amides is 3. The molecule has 2 atom stereocenters. The summed E-state index contributed by atoms with van der Waals surface area (Å²) in [6, 6.07) is 9.50. The molecule has 0 radical (unpaired) electrons. The lowest BCUT2D eigenvalue weighted by molar-refractivity contribution is -0.127. The Bertz CT molecular complexity index is 676. The van der Waals surface area contributed by atoms with Crippen LogP contribution >= 0.6 is 0 Å². The monoisotopic (exact) mass is 357 g/mol. The average Bonchev–Trinajstić information content (AvgIpc) is 3.00. The summed E-state index contributed by atoms with van der Waals surface area (Å²) in [5.41, 5.74) is 1.28. The van der Waals surface area contributed by atoms with Crippen LogP contribution in [0.25, 0.3) is 0 Å². The molecule has 7 heteroatoms. The van der Waals surface area contributed by atoms with Crippen LogP contribution in [-0.2, 0) is 11.2 Å². The number of fused-ring (bicyclic) bond motifs is 1. The van der Waals surface area contributed by atoms with E-state index >= 15 is 0 Å². The highest BCUT2D eigenvalue weighted by atomic mass is 16.2. The summed E-state index contributed by atoms with van der Waals surface area (Å²) < 4.78 is 0. The fraction of sp³-hybridized carbons (Fsp3) is 0.526. The number of unbranched alkanes of at least 4 members (excludes halogenated alkanes) is 1. The number of aliphatic imine (C=N–C) groups is 1. The molecule has 1 aromatic carbocycles. The lowest BCUT2D eigenvalue weighted by atomic mass is 10.1. The van der Waals surface area contributed by atoms with Crippen molar-refractivity contribution in [1.82, 2.24) is 20.4 Å². The largest absolute Gasteiger partial charge is 0.334 e. The molecule has 2 unspecified atom stereocenters. The first kappa shape index (κ1) is 18.2. The lowest BCUT2D eigenvalue weighted by Gasteiger charge is -2.35. The van der Waals surface area contributed by atoms with E-state index in [9.17, 15) is 9.59 Å². The zero-order chi connectivity index (χ0) is 18.5. The molecule has 140 valence electrons. The Hall–Kier alpha value is -2.57. The van der Waals surface area contributed by atoms with Gasteiger partial charge in [-0.1, -0.05) is 43.7 Å². The molecule has 1 aromatic rings. The van der Waals surface area contributed by atoms with E-state index < -0.39 is 6.04 Å². The van der Waals surface area contributed by atoms with E-state index in [1.165, 1.54) is 5.56 Å². The molecule has 2 N–H and O–H groups in total. The summed E-state index contributed by atoms with van der Waals surface area (Å²) in [6.07, 6.45) is 3.55. The highest BCUT2D eigenvalue weighted by Gasteiger charge is 2.49. The number of guanidine groups is 1. The number of likely N-dealkylation sites (N-methyl/N-ethyl adjacent to an activating group) is 1. The molecule has 2 heterocycles. The van der Waals surface area contributed by atoms with Crippen molar-refractivity contribution >= 4 is 17.9 Å². The molecule has 2 fully saturated rings. The van der Waals surface area contributed by atoms with Gasteiger partial charge in [0.1, 0.15) is 6.17 Å². The van der Waals surface area contributed by atoms with Gasteiger partial charge in [-0.3, -0.25) is 15.1 Å². The van der Waals surface area contributed by atoms with Crippen LogP contribution in [0.4, 0.5) is 4.79 Å². The van der Waals surface area contributed by atoms with Crippen LogP contribution in [0.2, 0.25) is 0 Å². The molecular weight excluding hydrogens is 330 g/mol. The number of urea groups is 1. The molecule has 0 saturated carbocycles. The quantitative estimate of drug-likeness (QED) is 0.726. The number of carbonyl (C=O) groups is 2. The predicted octanol–water partition coefficient (Wildman–Crippen LogP) is 1.56. The SMILES string of the molecule is CCCCN=C1NC2C(C(=O)NC(=O)N2C)N1CCCc1ccccc1. The Balaban J connectivity index is 1.72.